The average molecular weight is 311 g/mol. The van der Waals surface area contributed by atoms with Crippen molar-refractivity contribution in [3.63, 3.8) is 0 Å². The van der Waals surface area contributed by atoms with Crippen LogP contribution in [-0.4, -0.2) is 17.6 Å². The molecule has 0 heterocycles. The minimum atomic E-state index is -0.0345. The number of carbonyl (C=O) groups excluding carboxylic acids is 1. The van der Waals surface area contributed by atoms with Crippen LogP contribution >= 0.6 is 0 Å². The summed E-state index contributed by atoms with van der Waals surface area (Å²) in [5.74, 6) is 0.0556. The lowest BCUT2D eigenvalue weighted by Gasteiger charge is -2.19. The van der Waals surface area contributed by atoms with Gasteiger partial charge in [0.25, 0.3) is 0 Å². The summed E-state index contributed by atoms with van der Waals surface area (Å²) in [5, 5.41) is 12.2. The molecule has 0 aliphatic rings. The predicted molar refractivity (Wildman–Crippen MR) is 93.1 cm³/mol. The van der Waals surface area contributed by atoms with E-state index in [0.29, 0.717) is 12.8 Å². The Bertz CT molecular complexity index is 610. The normalized spacial score (nSPS) is 11.9. The van der Waals surface area contributed by atoms with Gasteiger partial charge in [-0.15, -0.1) is 0 Å². The van der Waals surface area contributed by atoms with Crippen molar-refractivity contribution >= 4 is 5.91 Å². The number of benzene rings is 2. The first kappa shape index (κ1) is 17.2. The number of hydrogen-bond donors (Lipinski definition) is 2. The molecule has 2 aromatic rings. The molecule has 2 aromatic carbocycles. The van der Waals surface area contributed by atoms with Crippen LogP contribution in [0.5, 0.6) is 0 Å². The van der Waals surface area contributed by atoms with E-state index in [-0.39, 0.29) is 18.6 Å². The number of hydrogen-bond acceptors (Lipinski definition) is 2. The zero-order chi connectivity index (χ0) is 16.5. The van der Waals surface area contributed by atoms with Gasteiger partial charge in [-0.2, -0.15) is 0 Å². The highest BCUT2D eigenvalue weighted by Crippen LogP contribution is 2.18. The molecule has 0 aromatic heterocycles. The molecule has 3 nitrogen and oxygen atoms in total. The molecule has 1 amide bonds. The standard InChI is InChI=1S/C20H25NO2/c1-16-8-5-6-9-17(16)13-14-20(23)21-19(12-7-15-22)18-10-3-2-4-11-18/h2-6,8-11,19,22H,7,12-15H2,1H3,(H,21,23). The van der Waals surface area contributed by atoms with Crippen molar-refractivity contribution in [1.29, 1.82) is 0 Å². The van der Waals surface area contributed by atoms with Crippen LogP contribution in [0.1, 0.15) is 42.0 Å². The number of nitrogens with one attached hydrogen (secondary N) is 1. The van der Waals surface area contributed by atoms with Gasteiger partial charge >= 0.3 is 0 Å². The summed E-state index contributed by atoms with van der Waals surface area (Å²) in [6.45, 7) is 2.21. The smallest absolute Gasteiger partial charge is 0.220 e. The Kier molecular flexibility index (Phi) is 6.82. The number of aliphatic hydroxyl groups is 1. The quantitative estimate of drug-likeness (QED) is 0.783. The molecule has 122 valence electrons. The van der Waals surface area contributed by atoms with Gasteiger partial charge in [0, 0.05) is 13.0 Å². The van der Waals surface area contributed by atoms with E-state index in [1.807, 2.05) is 42.5 Å². The highest BCUT2D eigenvalue weighted by Gasteiger charge is 2.14. The van der Waals surface area contributed by atoms with Gasteiger partial charge < -0.3 is 10.4 Å². The molecule has 0 aliphatic heterocycles. The van der Waals surface area contributed by atoms with Gasteiger partial charge in [-0.25, -0.2) is 0 Å². The summed E-state index contributed by atoms with van der Waals surface area (Å²) in [6.07, 6.45) is 2.65. The van der Waals surface area contributed by atoms with Crippen LogP contribution < -0.4 is 5.32 Å². The second-order valence-electron chi connectivity index (χ2n) is 5.82. The fraction of sp³-hybridized carbons (Fsp3) is 0.350. The molecule has 0 spiro atoms. The van der Waals surface area contributed by atoms with Crippen molar-refractivity contribution in [2.24, 2.45) is 0 Å². The molecule has 1 unspecified atom stereocenters. The summed E-state index contributed by atoms with van der Waals surface area (Å²) in [4.78, 5) is 12.3. The molecular formula is C20H25NO2. The Labute approximate surface area is 138 Å². The molecule has 0 radical (unpaired) electrons. The topological polar surface area (TPSA) is 49.3 Å². The van der Waals surface area contributed by atoms with Crippen LogP contribution in [0.25, 0.3) is 0 Å². The van der Waals surface area contributed by atoms with Crippen molar-refractivity contribution in [3.8, 4) is 0 Å². The van der Waals surface area contributed by atoms with Crippen LogP contribution in [0.15, 0.2) is 54.6 Å². The van der Waals surface area contributed by atoms with E-state index in [1.165, 1.54) is 11.1 Å². The molecule has 0 aliphatic carbocycles. The Hall–Kier alpha value is -2.13. The maximum Gasteiger partial charge on any atom is 0.220 e. The van der Waals surface area contributed by atoms with Crippen molar-refractivity contribution in [2.45, 2.75) is 38.6 Å². The lowest BCUT2D eigenvalue weighted by atomic mass is 10.0. The van der Waals surface area contributed by atoms with Gasteiger partial charge in [0.2, 0.25) is 5.91 Å². The van der Waals surface area contributed by atoms with E-state index >= 15 is 0 Å². The van der Waals surface area contributed by atoms with Gasteiger partial charge in [-0.3, -0.25) is 4.79 Å². The fourth-order valence-electron chi connectivity index (χ4n) is 2.71. The Morgan fingerprint density at radius 3 is 2.48 bits per heavy atom. The molecule has 1 atom stereocenters. The first-order valence-electron chi connectivity index (χ1n) is 8.20. The monoisotopic (exact) mass is 311 g/mol. The summed E-state index contributed by atoms with van der Waals surface area (Å²) in [5.41, 5.74) is 3.53. The van der Waals surface area contributed by atoms with Crippen molar-refractivity contribution in [3.05, 3.63) is 71.3 Å². The van der Waals surface area contributed by atoms with Crippen molar-refractivity contribution in [2.75, 3.05) is 6.61 Å². The van der Waals surface area contributed by atoms with E-state index in [2.05, 4.69) is 24.4 Å². The van der Waals surface area contributed by atoms with Crippen LogP contribution in [0.4, 0.5) is 0 Å². The van der Waals surface area contributed by atoms with E-state index in [9.17, 15) is 4.79 Å². The molecule has 0 saturated heterocycles. The Morgan fingerprint density at radius 1 is 1.09 bits per heavy atom. The number of aliphatic hydroxyl groups excluding tert-OH is 1. The lowest BCUT2D eigenvalue weighted by Crippen LogP contribution is -2.29. The second kappa shape index (κ2) is 9.11. The molecule has 3 heteroatoms. The van der Waals surface area contributed by atoms with Gasteiger partial charge in [-0.05, 0) is 42.9 Å². The van der Waals surface area contributed by atoms with Gasteiger partial charge in [0.1, 0.15) is 0 Å². The van der Waals surface area contributed by atoms with E-state index in [0.717, 1.165) is 18.4 Å². The van der Waals surface area contributed by atoms with Crippen molar-refractivity contribution < 1.29 is 9.90 Å². The molecule has 0 saturated carbocycles. The summed E-state index contributed by atoms with van der Waals surface area (Å²) < 4.78 is 0. The van der Waals surface area contributed by atoms with E-state index in [1.54, 1.807) is 0 Å². The van der Waals surface area contributed by atoms with Gasteiger partial charge in [0.05, 0.1) is 6.04 Å². The molecule has 2 N–H and O–H groups in total. The highest BCUT2D eigenvalue weighted by atomic mass is 16.3. The van der Waals surface area contributed by atoms with Crippen LogP contribution in [-0.2, 0) is 11.2 Å². The van der Waals surface area contributed by atoms with Crippen molar-refractivity contribution in [1.82, 2.24) is 5.32 Å². The first-order valence-corrected chi connectivity index (χ1v) is 8.20. The maximum atomic E-state index is 12.3. The van der Waals surface area contributed by atoms with E-state index < -0.39 is 0 Å². The second-order valence-corrected chi connectivity index (χ2v) is 5.82. The number of rotatable bonds is 8. The minimum absolute atomic E-state index is 0.0345. The SMILES string of the molecule is Cc1ccccc1CCC(=O)NC(CCCO)c1ccccc1. The lowest BCUT2D eigenvalue weighted by molar-refractivity contribution is -0.121. The average Bonchev–Trinajstić information content (AvgIpc) is 2.58. The predicted octanol–water partition coefficient (Wildman–Crippen LogP) is 3.56. The third-order valence-corrected chi connectivity index (χ3v) is 4.07. The summed E-state index contributed by atoms with van der Waals surface area (Å²) in [6, 6.07) is 18.1. The zero-order valence-corrected chi connectivity index (χ0v) is 13.7. The summed E-state index contributed by atoms with van der Waals surface area (Å²) >= 11 is 0. The number of carbonyl (C=O) groups is 1. The number of aryl methyl sites for hydroxylation is 2. The van der Waals surface area contributed by atoms with Crippen LogP contribution in [0.2, 0.25) is 0 Å². The fourth-order valence-corrected chi connectivity index (χ4v) is 2.71. The third-order valence-electron chi connectivity index (χ3n) is 4.07. The maximum absolute atomic E-state index is 12.3. The highest BCUT2D eigenvalue weighted by molar-refractivity contribution is 5.76. The summed E-state index contributed by atoms with van der Waals surface area (Å²) in [7, 11) is 0. The molecule has 23 heavy (non-hydrogen) atoms. The Balaban J connectivity index is 1.93. The van der Waals surface area contributed by atoms with Gasteiger partial charge in [0.15, 0.2) is 0 Å². The number of amides is 1. The first-order chi connectivity index (χ1) is 11.2. The van der Waals surface area contributed by atoms with E-state index in [4.69, 9.17) is 5.11 Å². The Morgan fingerprint density at radius 2 is 1.78 bits per heavy atom. The molecular weight excluding hydrogens is 286 g/mol. The minimum Gasteiger partial charge on any atom is -0.396 e. The van der Waals surface area contributed by atoms with Crippen LogP contribution in [0.3, 0.4) is 0 Å². The molecule has 0 bridgehead atoms. The van der Waals surface area contributed by atoms with Crippen LogP contribution in [0, 0.1) is 6.92 Å². The largest absolute Gasteiger partial charge is 0.396 e. The molecule has 2 rings (SSSR count). The third kappa shape index (κ3) is 5.53. The van der Waals surface area contributed by atoms with Gasteiger partial charge in [-0.1, -0.05) is 54.6 Å². The molecule has 0 fully saturated rings. The zero-order valence-electron chi connectivity index (χ0n) is 13.7.